The number of rotatable bonds is 3. The Bertz CT molecular complexity index is 507. The number of nitrogens with one attached hydrogen (secondary N) is 2. The van der Waals surface area contributed by atoms with Gasteiger partial charge in [0.2, 0.25) is 0 Å². The van der Waals surface area contributed by atoms with Crippen LogP contribution in [0.1, 0.15) is 36.5 Å². The van der Waals surface area contributed by atoms with Crippen LogP contribution in [0.15, 0.2) is 6.33 Å². The Balaban J connectivity index is 1.84. The number of hydrogen-bond acceptors (Lipinski definition) is 6. The smallest absolute Gasteiger partial charge is 0.196 e. The maximum atomic E-state index is 4.29. The molecule has 1 atom stereocenters. The predicted octanol–water partition coefficient (Wildman–Crippen LogP) is 0.651. The van der Waals surface area contributed by atoms with Crippen LogP contribution in [0.25, 0.3) is 0 Å². The molecule has 0 amide bonds. The molecule has 0 saturated heterocycles. The third kappa shape index (κ3) is 1.83. The zero-order chi connectivity index (χ0) is 11.7. The summed E-state index contributed by atoms with van der Waals surface area (Å²) in [5.41, 5.74) is 2.38. The van der Waals surface area contributed by atoms with Gasteiger partial charge in [-0.05, 0) is 26.2 Å². The minimum atomic E-state index is -0.0200. The molecule has 1 aliphatic carbocycles. The fourth-order valence-corrected chi connectivity index (χ4v) is 2.11. The number of aryl methyl sites for hydroxylation is 1. The highest BCUT2D eigenvalue weighted by atomic mass is 15.5. The van der Waals surface area contributed by atoms with Crippen molar-refractivity contribution in [2.24, 2.45) is 0 Å². The highest BCUT2D eigenvalue weighted by Gasteiger charge is 2.19. The first kappa shape index (κ1) is 10.1. The lowest BCUT2D eigenvalue weighted by Crippen LogP contribution is -2.12. The first-order valence-corrected chi connectivity index (χ1v) is 5.67. The summed E-state index contributed by atoms with van der Waals surface area (Å²) in [6.07, 6.45) is 4.84. The number of anilines is 1. The van der Waals surface area contributed by atoms with Crippen molar-refractivity contribution in [1.82, 2.24) is 30.6 Å². The van der Waals surface area contributed by atoms with E-state index < -0.39 is 0 Å². The average molecular weight is 231 g/mol. The van der Waals surface area contributed by atoms with Crippen molar-refractivity contribution in [2.45, 2.75) is 32.2 Å². The molecule has 17 heavy (non-hydrogen) atoms. The van der Waals surface area contributed by atoms with E-state index in [0.717, 1.165) is 30.8 Å². The lowest BCUT2D eigenvalue weighted by Gasteiger charge is -2.13. The number of aromatic nitrogens is 6. The summed E-state index contributed by atoms with van der Waals surface area (Å²) in [6.45, 7) is 1.98. The molecular weight excluding hydrogens is 218 g/mol. The normalized spacial score (nSPS) is 15.6. The van der Waals surface area contributed by atoms with E-state index in [1.165, 1.54) is 5.56 Å². The molecule has 2 aromatic rings. The van der Waals surface area contributed by atoms with Crippen molar-refractivity contribution in [1.29, 1.82) is 0 Å². The molecule has 7 nitrogen and oxygen atoms in total. The van der Waals surface area contributed by atoms with Crippen molar-refractivity contribution >= 4 is 5.82 Å². The van der Waals surface area contributed by atoms with Gasteiger partial charge >= 0.3 is 0 Å². The molecule has 1 unspecified atom stereocenters. The van der Waals surface area contributed by atoms with Crippen LogP contribution in [0.3, 0.4) is 0 Å². The molecule has 88 valence electrons. The second-order valence-corrected chi connectivity index (χ2v) is 4.14. The summed E-state index contributed by atoms with van der Waals surface area (Å²) in [6, 6.07) is -0.0200. The summed E-state index contributed by atoms with van der Waals surface area (Å²) >= 11 is 0. The zero-order valence-corrected chi connectivity index (χ0v) is 9.51. The molecule has 2 N–H and O–H groups in total. The third-order valence-electron chi connectivity index (χ3n) is 2.98. The van der Waals surface area contributed by atoms with Crippen LogP contribution in [0.2, 0.25) is 0 Å². The number of fused-ring (bicyclic) bond motifs is 1. The lowest BCUT2D eigenvalue weighted by atomic mass is 10.2. The van der Waals surface area contributed by atoms with Crippen LogP contribution in [-0.2, 0) is 12.8 Å². The molecule has 0 spiro atoms. The Labute approximate surface area is 98.1 Å². The van der Waals surface area contributed by atoms with E-state index in [0.29, 0.717) is 5.82 Å². The Morgan fingerprint density at radius 1 is 1.35 bits per heavy atom. The first-order chi connectivity index (χ1) is 8.34. The van der Waals surface area contributed by atoms with Crippen molar-refractivity contribution < 1.29 is 0 Å². The van der Waals surface area contributed by atoms with Crippen LogP contribution >= 0.6 is 0 Å². The number of H-pyrrole nitrogens is 1. The van der Waals surface area contributed by atoms with E-state index in [9.17, 15) is 0 Å². The SMILES string of the molecule is CC(Nc1ncnc2c1CCC2)c1nn[nH]n1. The summed E-state index contributed by atoms with van der Waals surface area (Å²) in [7, 11) is 0. The van der Waals surface area contributed by atoms with Crippen LogP contribution in [-0.4, -0.2) is 30.6 Å². The maximum absolute atomic E-state index is 4.29. The third-order valence-corrected chi connectivity index (χ3v) is 2.98. The summed E-state index contributed by atoms with van der Waals surface area (Å²) in [4.78, 5) is 8.58. The highest BCUT2D eigenvalue weighted by Crippen LogP contribution is 2.26. The van der Waals surface area contributed by atoms with Gasteiger partial charge in [0.1, 0.15) is 12.1 Å². The molecule has 0 fully saturated rings. The summed E-state index contributed by atoms with van der Waals surface area (Å²) < 4.78 is 0. The van der Waals surface area contributed by atoms with E-state index in [1.807, 2.05) is 6.92 Å². The second kappa shape index (κ2) is 4.08. The Hall–Kier alpha value is -2.05. The van der Waals surface area contributed by atoms with Gasteiger partial charge in [0.15, 0.2) is 5.82 Å². The number of hydrogen-bond donors (Lipinski definition) is 2. The molecular formula is C10H13N7. The molecule has 2 heterocycles. The van der Waals surface area contributed by atoms with E-state index in [2.05, 4.69) is 35.9 Å². The van der Waals surface area contributed by atoms with Crippen molar-refractivity contribution in [3.05, 3.63) is 23.4 Å². The molecule has 0 bridgehead atoms. The van der Waals surface area contributed by atoms with Gasteiger partial charge < -0.3 is 5.32 Å². The summed E-state index contributed by atoms with van der Waals surface area (Å²) in [5.74, 6) is 1.53. The highest BCUT2D eigenvalue weighted by molar-refractivity contribution is 5.48. The van der Waals surface area contributed by atoms with Crippen molar-refractivity contribution in [3.8, 4) is 0 Å². The van der Waals surface area contributed by atoms with E-state index in [-0.39, 0.29) is 6.04 Å². The summed E-state index contributed by atoms with van der Waals surface area (Å²) in [5, 5.41) is 17.2. The predicted molar refractivity (Wildman–Crippen MR) is 60.3 cm³/mol. The van der Waals surface area contributed by atoms with Gasteiger partial charge in [-0.15, -0.1) is 10.2 Å². The Kier molecular flexibility index (Phi) is 2.43. The topological polar surface area (TPSA) is 92.3 Å². The van der Waals surface area contributed by atoms with E-state index in [4.69, 9.17) is 0 Å². The van der Waals surface area contributed by atoms with Crippen LogP contribution < -0.4 is 5.32 Å². The van der Waals surface area contributed by atoms with Gasteiger partial charge in [0.05, 0.1) is 6.04 Å². The van der Waals surface area contributed by atoms with Gasteiger partial charge in [-0.25, -0.2) is 9.97 Å². The maximum Gasteiger partial charge on any atom is 0.196 e. The van der Waals surface area contributed by atoms with Crippen molar-refractivity contribution in [3.63, 3.8) is 0 Å². The fourth-order valence-electron chi connectivity index (χ4n) is 2.11. The number of aromatic amines is 1. The Morgan fingerprint density at radius 3 is 3.12 bits per heavy atom. The number of tetrazole rings is 1. The quantitative estimate of drug-likeness (QED) is 0.805. The minimum Gasteiger partial charge on any atom is -0.360 e. The lowest BCUT2D eigenvalue weighted by molar-refractivity contribution is 0.783. The first-order valence-electron chi connectivity index (χ1n) is 5.67. The second-order valence-electron chi connectivity index (χ2n) is 4.14. The minimum absolute atomic E-state index is 0.0200. The molecule has 2 aromatic heterocycles. The molecule has 1 aliphatic rings. The Morgan fingerprint density at radius 2 is 2.29 bits per heavy atom. The van der Waals surface area contributed by atoms with Gasteiger partial charge in [0.25, 0.3) is 0 Å². The van der Waals surface area contributed by atoms with Crippen LogP contribution in [0, 0.1) is 0 Å². The van der Waals surface area contributed by atoms with E-state index >= 15 is 0 Å². The molecule has 3 rings (SSSR count). The van der Waals surface area contributed by atoms with Gasteiger partial charge in [-0.1, -0.05) is 5.21 Å². The largest absolute Gasteiger partial charge is 0.360 e. The number of nitrogens with zero attached hydrogens (tertiary/aromatic N) is 5. The molecule has 0 aromatic carbocycles. The average Bonchev–Trinajstić information content (AvgIpc) is 3.00. The molecule has 0 aliphatic heterocycles. The molecule has 7 heteroatoms. The molecule has 0 saturated carbocycles. The zero-order valence-electron chi connectivity index (χ0n) is 9.51. The standard InChI is InChI=1S/C10H13N7/c1-6(9-14-16-17-15-9)13-10-7-3-2-4-8(7)11-5-12-10/h5-6H,2-4H2,1H3,(H,11,12,13)(H,14,15,16,17). The van der Waals surface area contributed by atoms with Gasteiger partial charge in [0, 0.05) is 11.3 Å². The molecule has 0 radical (unpaired) electrons. The fraction of sp³-hybridized carbons (Fsp3) is 0.500. The monoisotopic (exact) mass is 231 g/mol. The van der Waals surface area contributed by atoms with Crippen LogP contribution in [0.4, 0.5) is 5.82 Å². The van der Waals surface area contributed by atoms with Crippen molar-refractivity contribution in [2.75, 3.05) is 5.32 Å². The van der Waals surface area contributed by atoms with Gasteiger partial charge in [-0.3, -0.25) is 0 Å². The van der Waals surface area contributed by atoms with E-state index in [1.54, 1.807) is 6.33 Å². The van der Waals surface area contributed by atoms with Crippen LogP contribution in [0.5, 0.6) is 0 Å². The van der Waals surface area contributed by atoms with Gasteiger partial charge in [-0.2, -0.15) is 5.21 Å².